The molecule has 28 heavy (non-hydrogen) atoms. The minimum Gasteiger partial charge on any atom is -0.361 e. The van der Waals surface area contributed by atoms with Crippen molar-refractivity contribution < 1.29 is 14.1 Å². The fourth-order valence-corrected chi connectivity index (χ4v) is 3.72. The molecule has 1 fully saturated rings. The number of nitrogens with zero attached hydrogens (tertiary/aromatic N) is 4. The molecule has 150 valence electrons. The first-order valence-electron chi connectivity index (χ1n) is 9.52. The van der Waals surface area contributed by atoms with Gasteiger partial charge in [0.2, 0.25) is 5.91 Å². The molecule has 0 radical (unpaired) electrons. The lowest BCUT2D eigenvalue weighted by Gasteiger charge is -2.27. The summed E-state index contributed by atoms with van der Waals surface area (Å²) in [6.07, 6.45) is 4.04. The zero-order valence-corrected chi connectivity index (χ0v) is 16.8. The Morgan fingerprint density at radius 2 is 2.04 bits per heavy atom. The van der Waals surface area contributed by atoms with Crippen molar-refractivity contribution in [3.05, 3.63) is 47.1 Å². The Balaban J connectivity index is 1.63. The summed E-state index contributed by atoms with van der Waals surface area (Å²) in [6, 6.07) is 3.48. The molecule has 1 saturated heterocycles. The van der Waals surface area contributed by atoms with E-state index >= 15 is 0 Å². The number of rotatable bonds is 6. The van der Waals surface area contributed by atoms with Crippen molar-refractivity contribution >= 4 is 11.8 Å². The number of hydrogen-bond donors (Lipinski definition) is 1. The molecule has 2 amide bonds. The molecule has 1 N–H and O–H groups in total. The molecule has 0 bridgehead atoms. The van der Waals surface area contributed by atoms with E-state index in [0.717, 1.165) is 5.56 Å². The molecule has 3 rings (SSSR count). The van der Waals surface area contributed by atoms with Gasteiger partial charge in [-0.15, -0.1) is 0 Å². The average Bonchev–Trinajstić information content (AvgIpc) is 3.21. The number of likely N-dealkylation sites (tertiary alicyclic amines) is 1. The molecule has 0 unspecified atom stereocenters. The van der Waals surface area contributed by atoms with Crippen molar-refractivity contribution in [1.82, 2.24) is 25.3 Å². The van der Waals surface area contributed by atoms with Gasteiger partial charge in [-0.1, -0.05) is 5.16 Å². The number of pyridine rings is 1. The number of aryl methyl sites for hydroxylation is 2. The van der Waals surface area contributed by atoms with E-state index in [9.17, 15) is 9.59 Å². The number of nitrogens with one attached hydrogen (secondary N) is 1. The van der Waals surface area contributed by atoms with Crippen molar-refractivity contribution in [3.63, 3.8) is 0 Å². The highest BCUT2D eigenvalue weighted by molar-refractivity contribution is 5.96. The Hall–Kier alpha value is -2.74. The zero-order chi connectivity index (χ0) is 20.3. The Labute approximate surface area is 164 Å². The third-order valence-electron chi connectivity index (χ3n) is 5.25. The molecule has 0 aromatic carbocycles. The number of carbonyl (C=O) groups is 2. The quantitative estimate of drug-likeness (QED) is 0.811. The molecular weight excluding hydrogens is 358 g/mol. The third-order valence-corrected chi connectivity index (χ3v) is 5.25. The fourth-order valence-electron chi connectivity index (χ4n) is 3.72. The van der Waals surface area contributed by atoms with Crippen LogP contribution in [0.4, 0.5) is 0 Å². The predicted octanol–water partition coefficient (Wildman–Crippen LogP) is 1.54. The van der Waals surface area contributed by atoms with Crippen LogP contribution in [0.5, 0.6) is 0 Å². The molecule has 1 aliphatic rings. The molecule has 2 aromatic heterocycles. The molecule has 1 aliphatic heterocycles. The van der Waals surface area contributed by atoms with Crippen LogP contribution in [0, 0.1) is 13.8 Å². The average molecular weight is 385 g/mol. The smallest absolute Gasteiger partial charge is 0.257 e. The van der Waals surface area contributed by atoms with Crippen molar-refractivity contribution in [1.29, 1.82) is 0 Å². The maximum atomic E-state index is 13.1. The number of hydrogen-bond acceptors (Lipinski definition) is 6. The van der Waals surface area contributed by atoms with Crippen LogP contribution in [0.15, 0.2) is 29.0 Å². The van der Waals surface area contributed by atoms with Gasteiger partial charge < -0.3 is 14.7 Å². The lowest BCUT2D eigenvalue weighted by Crippen LogP contribution is -2.43. The van der Waals surface area contributed by atoms with Crippen LogP contribution < -0.4 is 5.32 Å². The van der Waals surface area contributed by atoms with E-state index in [4.69, 9.17) is 4.52 Å². The van der Waals surface area contributed by atoms with Gasteiger partial charge in [0.25, 0.3) is 5.91 Å². The lowest BCUT2D eigenvalue weighted by molar-refractivity contribution is -0.136. The molecule has 2 aromatic rings. The minimum atomic E-state index is -0.253. The van der Waals surface area contributed by atoms with Crippen LogP contribution in [0.1, 0.15) is 40.7 Å². The highest BCUT2D eigenvalue weighted by Gasteiger charge is 2.37. The van der Waals surface area contributed by atoms with E-state index in [0.29, 0.717) is 43.1 Å². The van der Waals surface area contributed by atoms with E-state index in [1.54, 1.807) is 26.2 Å². The van der Waals surface area contributed by atoms with Gasteiger partial charge in [-0.2, -0.15) is 0 Å². The monoisotopic (exact) mass is 385 g/mol. The molecule has 0 saturated carbocycles. The second kappa shape index (κ2) is 8.52. The fraction of sp³-hybridized carbons (Fsp3) is 0.500. The van der Waals surface area contributed by atoms with Crippen LogP contribution in [-0.4, -0.2) is 64.0 Å². The van der Waals surface area contributed by atoms with Crippen LogP contribution in [0.3, 0.4) is 0 Å². The van der Waals surface area contributed by atoms with Gasteiger partial charge in [-0.25, -0.2) is 0 Å². The van der Waals surface area contributed by atoms with E-state index in [1.807, 2.05) is 35.9 Å². The van der Waals surface area contributed by atoms with E-state index in [1.165, 1.54) is 0 Å². The van der Waals surface area contributed by atoms with Crippen LogP contribution in [-0.2, 0) is 11.3 Å². The molecular formula is C20H27N5O3. The van der Waals surface area contributed by atoms with Gasteiger partial charge in [0.15, 0.2) is 0 Å². The zero-order valence-electron chi connectivity index (χ0n) is 16.8. The lowest BCUT2D eigenvalue weighted by atomic mass is 10.1. The van der Waals surface area contributed by atoms with Crippen LogP contribution >= 0.6 is 0 Å². The molecule has 3 heterocycles. The number of aromatic nitrogens is 2. The summed E-state index contributed by atoms with van der Waals surface area (Å²) in [6.45, 7) is 7.25. The van der Waals surface area contributed by atoms with E-state index in [-0.39, 0.29) is 23.9 Å². The topological polar surface area (TPSA) is 91.6 Å². The van der Waals surface area contributed by atoms with E-state index < -0.39 is 0 Å². The molecule has 0 aliphatic carbocycles. The number of carbonyl (C=O) groups excluding carboxylic acids is 2. The summed E-state index contributed by atoms with van der Waals surface area (Å²) in [5, 5.41) is 6.86. The second-order valence-electron chi connectivity index (χ2n) is 7.27. The molecule has 8 nitrogen and oxygen atoms in total. The Kier molecular flexibility index (Phi) is 6.08. The first-order chi connectivity index (χ1) is 13.4. The first-order valence-corrected chi connectivity index (χ1v) is 9.52. The van der Waals surface area contributed by atoms with Gasteiger partial charge in [-0.3, -0.25) is 19.5 Å². The summed E-state index contributed by atoms with van der Waals surface area (Å²) in [5.74, 6) is 0.381. The first kappa shape index (κ1) is 20.0. The SMILES string of the molecule is CCN(Cc1ccncc1)C(=O)[C@@H]1C[C@H](NC(=O)c2c(C)noc2C)CN1C. The molecule has 8 heteroatoms. The van der Waals surface area contributed by atoms with E-state index in [2.05, 4.69) is 15.5 Å². The number of likely N-dealkylation sites (N-methyl/N-ethyl adjacent to an activating group) is 2. The van der Waals surface area contributed by atoms with Crippen LogP contribution in [0.25, 0.3) is 0 Å². The summed E-state index contributed by atoms with van der Waals surface area (Å²) >= 11 is 0. The number of amides is 2. The van der Waals surface area contributed by atoms with Gasteiger partial charge in [0, 0.05) is 38.1 Å². The largest absolute Gasteiger partial charge is 0.361 e. The maximum Gasteiger partial charge on any atom is 0.257 e. The van der Waals surface area contributed by atoms with Crippen molar-refractivity contribution in [2.75, 3.05) is 20.1 Å². The van der Waals surface area contributed by atoms with Crippen molar-refractivity contribution in [3.8, 4) is 0 Å². The van der Waals surface area contributed by atoms with Gasteiger partial charge in [0.05, 0.1) is 11.7 Å². The van der Waals surface area contributed by atoms with Crippen molar-refractivity contribution in [2.45, 2.75) is 45.8 Å². The summed E-state index contributed by atoms with van der Waals surface area (Å²) in [4.78, 5) is 33.6. The maximum absolute atomic E-state index is 13.1. The predicted molar refractivity (Wildman–Crippen MR) is 104 cm³/mol. The van der Waals surface area contributed by atoms with Crippen molar-refractivity contribution in [2.24, 2.45) is 0 Å². The highest BCUT2D eigenvalue weighted by Crippen LogP contribution is 2.20. The molecule has 0 spiro atoms. The van der Waals surface area contributed by atoms with Crippen LogP contribution in [0.2, 0.25) is 0 Å². The minimum absolute atomic E-state index is 0.0795. The molecule has 2 atom stereocenters. The Morgan fingerprint density at radius 3 is 2.64 bits per heavy atom. The van der Waals surface area contributed by atoms with Gasteiger partial charge >= 0.3 is 0 Å². The van der Waals surface area contributed by atoms with Gasteiger partial charge in [-0.05, 0) is 51.9 Å². The summed E-state index contributed by atoms with van der Waals surface area (Å²) in [7, 11) is 1.92. The summed E-state index contributed by atoms with van der Waals surface area (Å²) < 4.78 is 5.08. The third kappa shape index (κ3) is 4.22. The second-order valence-corrected chi connectivity index (χ2v) is 7.27. The highest BCUT2D eigenvalue weighted by atomic mass is 16.5. The standard InChI is InChI=1S/C20H27N5O3/c1-5-25(11-15-6-8-21-9-7-15)20(27)17-10-16(12-24(17)4)22-19(26)18-13(2)23-28-14(18)3/h6-9,16-17H,5,10-12H2,1-4H3,(H,22,26)/t16-,17-/m0/s1. The Morgan fingerprint density at radius 1 is 1.32 bits per heavy atom. The Bertz CT molecular complexity index is 816. The van der Waals surface area contributed by atoms with Gasteiger partial charge in [0.1, 0.15) is 11.3 Å². The normalized spacial score (nSPS) is 19.6. The summed E-state index contributed by atoms with van der Waals surface area (Å²) in [5.41, 5.74) is 2.10.